The van der Waals surface area contributed by atoms with Crippen molar-refractivity contribution >= 4 is 102 Å². The lowest BCUT2D eigenvalue weighted by Crippen LogP contribution is -2.20. The first-order chi connectivity index (χ1) is 34.6. The lowest BCUT2D eigenvalue weighted by molar-refractivity contribution is -0.139. The molecule has 0 radical (unpaired) electrons. The minimum Gasteiger partial charge on any atom is -0.507 e. The fourth-order valence-corrected chi connectivity index (χ4v) is 7.37. The predicted molar refractivity (Wildman–Crippen MR) is 261 cm³/mol. The summed E-state index contributed by atoms with van der Waals surface area (Å²) in [5, 5.41) is 61.9. The number of fused-ring (bicyclic) bond motifs is 4. The highest BCUT2D eigenvalue weighted by Gasteiger charge is 2.23. The van der Waals surface area contributed by atoms with Crippen molar-refractivity contribution in [3.05, 3.63) is 120 Å². The van der Waals surface area contributed by atoms with Gasteiger partial charge in [-0.1, -0.05) is 38.1 Å². The molecule has 0 atom stereocenters. The molecule has 22 heteroatoms. The molecule has 22 nitrogen and oxygen atoms in total. The van der Waals surface area contributed by atoms with Gasteiger partial charge >= 0.3 is 11.9 Å². The number of aromatic hydroxyl groups is 2. The number of ether oxygens (including phenoxy) is 3. The lowest BCUT2D eigenvalue weighted by Gasteiger charge is -2.16. The number of anilines is 4. The van der Waals surface area contributed by atoms with Crippen molar-refractivity contribution in [2.45, 2.75) is 13.8 Å². The van der Waals surface area contributed by atoms with Crippen molar-refractivity contribution in [3.63, 3.8) is 0 Å². The number of aromatic carboxylic acids is 1. The highest BCUT2D eigenvalue weighted by molar-refractivity contribution is 6.14. The Balaban J connectivity index is 1.08. The van der Waals surface area contributed by atoms with Crippen LogP contribution >= 0.6 is 0 Å². The lowest BCUT2D eigenvalue weighted by atomic mass is 10.1. The van der Waals surface area contributed by atoms with E-state index in [2.05, 4.69) is 41.2 Å². The molecular formula is C50H42N8O14. The smallest absolute Gasteiger partial charge is 0.354 e. The number of aliphatic hydroxyl groups excluding tert-OH is 1. The van der Waals surface area contributed by atoms with Crippen LogP contribution in [0.5, 0.6) is 23.0 Å². The summed E-state index contributed by atoms with van der Waals surface area (Å²) in [6.07, 6.45) is 0. The zero-order chi connectivity index (χ0) is 51.2. The van der Waals surface area contributed by atoms with Gasteiger partial charge in [0.2, 0.25) is 5.91 Å². The highest BCUT2D eigenvalue weighted by atomic mass is 16.5. The van der Waals surface area contributed by atoms with E-state index in [4.69, 9.17) is 24.4 Å². The number of carbonyl (C=O) groups excluding carboxylic acids is 4. The SMILES string of the molecule is CC(C)COc1cc(C(=O)Nc2cccc3c(O)cc(C(=O)Nc4cccc5c(O)cc(C(=O)Nc6cccc7c(OCC(=O)O)cc(C(=O)O)nc67)nc45)nc23)nc2c(NC(=O)COCCO)cccc12. The fraction of sp³-hybridized carbons (Fsp3) is 0.160. The Labute approximate surface area is 406 Å². The summed E-state index contributed by atoms with van der Waals surface area (Å²) < 4.78 is 16.6. The number of carboxylic acids is 2. The van der Waals surface area contributed by atoms with Gasteiger partial charge in [-0.15, -0.1) is 0 Å². The average molecular weight is 979 g/mol. The number of aliphatic carboxylic acids is 1. The molecule has 366 valence electrons. The summed E-state index contributed by atoms with van der Waals surface area (Å²) in [4.78, 5) is 95.4. The second kappa shape index (κ2) is 21.0. The molecule has 0 bridgehead atoms. The molecule has 0 saturated heterocycles. The van der Waals surface area contributed by atoms with Gasteiger partial charge in [0.05, 0.1) is 64.6 Å². The summed E-state index contributed by atoms with van der Waals surface area (Å²) in [5.41, 5.74) is -0.790. The molecule has 4 aromatic heterocycles. The Hall–Kier alpha value is -9.54. The third-order valence-corrected chi connectivity index (χ3v) is 10.6. The zero-order valence-electron chi connectivity index (χ0n) is 38.0. The molecule has 0 aliphatic carbocycles. The Morgan fingerprint density at radius 1 is 0.528 bits per heavy atom. The molecule has 0 spiro atoms. The maximum Gasteiger partial charge on any atom is 0.354 e. The number of pyridine rings is 4. The normalized spacial score (nSPS) is 11.2. The summed E-state index contributed by atoms with van der Waals surface area (Å²) in [6, 6.07) is 23.1. The van der Waals surface area contributed by atoms with Crippen LogP contribution in [0.25, 0.3) is 43.6 Å². The van der Waals surface area contributed by atoms with E-state index in [1.54, 1.807) is 24.3 Å². The number of benzene rings is 4. The van der Waals surface area contributed by atoms with Gasteiger partial charge in [-0.2, -0.15) is 0 Å². The largest absolute Gasteiger partial charge is 0.507 e. The number of carboxylic acid groups (broad SMARTS) is 2. The van der Waals surface area contributed by atoms with E-state index in [0.717, 1.165) is 18.2 Å². The Morgan fingerprint density at radius 2 is 0.931 bits per heavy atom. The number of aliphatic hydroxyl groups is 1. The topological polar surface area (TPSA) is 331 Å². The fourth-order valence-electron chi connectivity index (χ4n) is 7.37. The molecular weight excluding hydrogens is 937 g/mol. The average Bonchev–Trinajstić information content (AvgIpc) is 3.35. The number of rotatable bonds is 18. The third kappa shape index (κ3) is 10.7. The number of hydrogen-bond acceptors (Lipinski definition) is 16. The van der Waals surface area contributed by atoms with Crippen molar-refractivity contribution in [3.8, 4) is 23.0 Å². The quantitative estimate of drug-likeness (QED) is 0.0433. The van der Waals surface area contributed by atoms with E-state index in [1.807, 2.05) is 13.8 Å². The van der Waals surface area contributed by atoms with Crippen molar-refractivity contribution in [2.24, 2.45) is 5.92 Å². The number of para-hydroxylation sites is 4. The van der Waals surface area contributed by atoms with Gasteiger partial charge < -0.3 is 61.0 Å². The van der Waals surface area contributed by atoms with Gasteiger partial charge in [-0.3, -0.25) is 19.2 Å². The van der Waals surface area contributed by atoms with Crippen molar-refractivity contribution in [2.75, 3.05) is 54.3 Å². The monoisotopic (exact) mass is 978 g/mol. The Bertz CT molecular complexity index is 3510. The van der Waals surface area contributed by atoms with Crippen molar-refractivity contribution < 1.29 is 68.5 Å². The van der Waals surface area contributed by atoms with Crippen molar-refractivity contribution in [1.29, 1.82) is 0 Å². The molecule has 0 aliphatic rings. The van der Waals surface area contributed by atoms with Crippen LogP contribution < -0.4 is 30.7 Å². The second-order valence-electron chi connectivity index (χ2n) is 16.3. The molecule has 4 heterocycles. The minimum absolute atomic E-state index is 0.00687. The van der Waals surface area contributed by atoms with Crippen LogP contribution in [-0.4, -0.2) is 114 Å². The summed E-state index contributed by atoms with van der Waals surface area (Å²) >= 11 is 0. The standard InChI is InChI=1S/C50H42N8O14/c1-24(2)21-71-39-19-35(54-45-27(39)9-5-11-29(45)51-41(62)22-70-16-15-59)49(67)57-31-13-4-8-26-37(60)17-33(52-44(26)31)47(65)56-30-12-3-7-25-38(61)18-34(53-43(25)30)48(66)58-32-14-6-10-28-40(72-23-42(63)64)20-36(50(68)69)55-46(28)32/h3-14,17-20,24,59H,15-16,21-23H2,1-2H3,(H,51,62)(H,52,60)(H,53,61)(H,56,65)(H,57,67)(H,58,66)(H,63,64)(H,68,69). The predicted octanol–water partition coefficient (Wildman–Crippen LogP) is 6.19. The Kier molecular flexibility index (Phi) is 14.3. The number of aromatic nitrogens is 4. The minimum atomic E-state index is -1.45. The third-order valence-electron chi connectivity index (χ3n) is 10.6. The van der Waals surface area contributed by atoms with Gasteiger partial charge in [-0.25, -0.2) is 29.5 Å². The molecule has 0 fully saturated rings. The molecule has 0 aliphatic heterocycles. The number of nitrogens with one attached hydrogen (secondary N) is 4. The van der Waals surface area contributed by atoms with E-state index in [9.17, 15) is 44.1 Å². The number of hydrogen-bond donors (Lipinski definition) is 9. The molecule has 9 N–H and O–H groups in total. The molecule has 0 saturated carbocycles. The molecule has 4 amide bonds. The van der Waals surface area contributed by atoms with Crippen LogP contribution in [-0.2, 0) is 14.3 Å². The van der Waals surface area contributed by atoms with Crippen LogP contribution in [0.1, 0.15) is 55.8 Å². The maximum absolute atomic E-state index is 14.1. The Morgan fingerprint density at radius 3 is 1.38 bits per heavy atom. The van der Waals surface area contributed by atoms with E-state index in [0.29, 0.717) is 11.1 Å². The first-order valence-electron chi connectivity index (χ1n) is 21.8. The van der Waals surface area contributed by atoms with Crippen LogP contribution in [0, 0.1) is 5.92 Å². The maximum atomic E-state index is 14.1. The number of amides is 4. The molecule has 4 aromatic carbocycles. The van der Waals surface area contributed by atoms with Crippen LogP contribution in [0.2, 0.25) is 0 Å². The van der Waals surface area contributed by atoms with Gasteiger partial charge in [0.15, 0.2) is 12.3 Å². The molecule has 0 unspecified atom stereocenters. The molecule has 72 heavy (non-hydrogen) atoms. The summed E-state index contributed by atoms with van der Waals surface area (Å²) in [5.74, 6) is -6.26. The van der Waals surface area contributed by atoms with E-state index < -0.39 is 53.6 Å². The van der Waals surface area contributed by atoms with Crippen LogP contribution in [0.15, 0.2) is 97.1 Å². The van der Waals surface area contributed by atoms with E-state index in [1.165, 1.54) is 54.6 Å². The number of carbonyl (C=O) groups is 6. The number of nitrogens with zero attached hydrogens (tertiary/aromatic N) is 4. The van der Waals surface area contributed by atoms with E-state index >= 15 is 0 Å². The van der Waals surface area contributed by atoms with E-state index in [-0.39, 0.29) is 122 Å². The summed E-state index contributed by atoms with van der Waals surface area (Å²) in [6.45, 7) is 2.74. The second-order valence-corrected chi connectivity index (χ2v) is 16.3. The van der Waals surface area contributed by atoms with Crippen molar-refractivity contribution in [1.82, 2.24) is 19.9 Å². The first kappa shape index (κ1) is 48.9. The molecule has 8 rings (SSSR count). The first-order valence-corrected chi connectivity index (χ1v) is 21.8. The zero-order valence-corrected chi connectivity index (χ0v) is 38.0. The van der Waals surface area contributed by atoms with Gasteiger partial charge in [0.25, 0.3) is 17.7 Å². The van der Waals surface area contributed by atoms with Gasteiger partial charge in [-0.05, 0) is 54.4 Å². The van der Waals surface area contributed by atoms with Crippen LogP contribution in [0.3, 0.4) is 0 Å². The van der Waals surface area contributed by atoms with Gasteiger partial charge in [0, 0.05) is 45.8 Å². The molecule has 8 aromatic rings. The van der Waals surface area contributed by atoms with Gasteiger partial charge in [0.1, 0.15) is 46.7 Å². The van der Waals surface area contributed by atoms with Crippen LogP contribution in [0.4, 0.5) is 22.7 Å². The highest BCUT2D eigenvalue weighted by Crippen LogP contribution is 2.36. The summed E-state index contributed by atoms with van der Waals surface area (Å²) in [7, 11) is 0.